The summed E-state index contributed by atoms with van der Waals surface area (Å²) in [5.74, 6) is 1.34. The van der Waals surface area contributed by atoms with E-state index < -0.39 is 6.23 Å². The summed E-state index contributed by atoms with van der Waals surface area (Å²) < 4.78 is 0. The minimum atomic E-state index is -0.816. The second-order valence-corrected chi connectivity index (χ2v) is 12.0. The predicted octanol–water partition coefficient (Wildman–Crippen LogP) is 1.25. The van der Waals surface area contributed by atoms with Gasteiger partial charge in [-0.15, -0.1) is 0 Å². The Morgan fingerprint density at radius 3 is 2.51 bits per heavy atom. The third kappa shape index (κ3) is 7.86. The van der Waals surface area contributed by atoms with E-state index in [0.29, 0.717) is 37.2 Å². The van der Waals surface area contributed by atoms with Gasteiger partial charge < -0.3 is 31.3 Å². The van der Waals surface area contributed by atoms with Gasteiger partial charge in [0.05, 0.1) is 12.1 Å². The number of nitrogens with zero attached hydrogens (tertiary/aromatic N) is 1. The number of hydrogen-bond donors (Lipinski definition) is 5. The minimum absolute atomic E-state index is 0.0167. The number of amides is 5. The number of hydrogen-bond acceptors (Lipinski definition) is 6. The number of nitrogens with one attached hydrogen (secondary N) is 4. The highest BCUT2D eigenvalue weighted by molar-refractivity contribution is 8.00. The van der Waals surface area contributed by atoms with E-state index in [1.807, 2.05) is 11.8 Å². The van der Waals surface area contributed by atoms with Crippen LogP contribution in [0.4, 0.5) is 4.79 Å². The summed E-state index contributed by atoms with van der Waals surface area (Å²) in [6.07, 6.45) is 10.5. The van der Waals surface area contributed by atoms with Crippen molar-refractivity contribution >= 4 is 35.5 Å². The molecule has 0 spiro atoms. The van der Waals surface area contributed by atoms with Gasteiger partial charge in [-0.1, -0.05) is 6.42 Å². The summed E-state index contributed by atoms with van der Waals surface area (Å²) in [6.45, 7) is 1.78. The van der Waals surface area contributed by atoms with Crippen molar-refractivity contribution in [3.63, 3.8) is 0 Å². The first-order valence-corrected chi connectivity index (χ1v) is 14.9. The van der Waals surface area contributed by atoms with Gasteiger partial charge in [0.2, 0.25) is 17.7 Å². The van der Waals surface area contributed by atoms with Gasteiger partial charge >= 0.3 is 6.03 Å². The van der Waals surface area contributed by atoms with Crippen molar-refractivity contribution in [2.24, 2.45) is 11.8 Å². The summed E-state index contributed by atoms with van der Waals surface area (Å²) in [6, 6.07) is 0.410. The SMILES string of the molecule is O=C(CCCCC1SC[C@@H]2NC(=O)N[C@H]12)NCCCCNC(=O)C1CCC(CN2C(=O)C=CC2O)CC1. The molecule has 1 aliphatic carbocycles. The zero-order valence-corrected chi connectivity index (χ0v) is 22.3. The maximum atomic E-state index is 12.5. The number of thioether (sulfide) groups is 1. The van der Waals surface area contributed by atoms with Crippen LogP contribution >= 0.6 is 11.8 Å². The average molecular weight is 536 g/mol. The predicted molar refractivity (Wildman–Crippen MR) is 142 cm³/mol. The highest BCUT2D eigenvalue weighted by atomic mass is 32.2. The number of carbonyl (C=O) groups excluding carboxylic acids is 4. The van der Waals surface area contributed by atoms with Gasteiger partial charge in [-0.2, -0.15) is 11.8 Å². The number of fused-ring (bicyclic) bond motifs is 1. The van der Waals surface area contributed by atoms with Crippen LogP contribution in [0.5, 0.6) is 0 Å². The van der Waals surface area contributed by atoms with Crippen LogP contribution in [0.1, 0.15) is 64.2 Å². The molecule has 4 aliphatic rings. The highest BCUT2D eigenvalue weighted by Gasteiger charge is 2.42. The molecule has 2 saturated heterocycles. The zero-order valence-electron chi connectivity index (χ0n) is 21.5. The molecule has 0 bridgehead atoms. The summed E-state index contributed by atoms with van der Waals surface area (Å²) >= 11 is 1.90. The van der Waals surface area contributed by atoms with Crippen molar-refractivity contribution in [2.75, 3.05) is 25.4 Å². The van der Waals surface area contributed by atoms with Crippen LogP contribution in [0.2, 0.25) is 0 Å². The van der Waals surface area contributed by atoms with Crippen LogP contribution in [-0.4, -0.2) is 82.7 Å². The molecule has 10 nitrogen and oxygen atoms in total. The van der Waals surface area contributed by atoms with Crippen molar-refractivity contribution < 1.29 is 24.3 Å². The van der Waals surface area contributed by atoms with Gasteiger partial charge in [-0.05, 0) is 63.4 Å². The second kappa shape index (κ2) is 13.5. The van der Waals surface area contributed by atoms with E-state index in [1.165, 1.54) is 17.1 Å². The molecule has 11 heteroatoms. The molecule has 0 aromatic carbocycles. The van der Waals surface area contributed by atoms with Crippen molar-refractivity contribution in [3.05, 3.63) is 12.2 Å². The lowest BCUT2D eigenvalue weighted by Gasteiger charge is -2.31. The number of unbranched alkanes of at least 4 members (excludes halogenated alkanes) is 2. The van der Waals surface area contributed by atoms with Crippen molar-refractivity contribution in [1.29, 1.82) is 0 Å². The minimum Gasteiger partial charge on any atom is -0.370 e. The molecule has 3 heterocycles. The van der Waals surface area contributed by atoms with E-state index in [9.17, 15) is 24.3 Å². The number of aliphatic hydroxyl groups excluding tert-OH is 1. The molecule has 2 unspecified atom stereocenters. The normalized spacial score (nSPS) is 30.7. The molecule has 0 aromatic heterocycles. The highest BCUT2D eigenvalue weighted by Crippen LogP contribution is 2.33. The van der Waals surface area contributed by atoms with Gasteiger partial charge in [0.25, 0.3) is 0 Å². The van der Waals surface area contributed by atoms with Gasteiger partial charge in [0.15, 0.2) is 0 Å². The molecule has 5 amide bonds. The van der Waals surface area contributed by atoms with Gasteiger partial charge in [0, 0.05) is 49.1 Å². The van der Waals surface area contributed by atoms with Crippen LogP contribution in [0.3, 0.4) is 0 Å². The Labute approximate surface area is 223 Å². The first kappa shape index (κ1) is 27.8. The van der Waals surface area contributed by atoms with Crippen LogP contribution in [-0.2, 0) is 14.4 Å². The maximum absolute atomic E-state index is 12.5. The maximum Gasteiger partial charge on any atom is 0.315 e. The Balaban J connectivity index is 0.967. The first-order chi connectivity index (χ1) is 17.9. The van der Waals surface area contributed by atoms with Crippen LogP contribution in [0.25, 0.3) is 0 Å². The van der Waals surface area contributed by atoms with Gasteiger partial charge in [-0.25, -0.2) is 4.79 Å². The van der Waals surface area contributed by atoms with E-state index >= 15 is 0 Å². The summed E-state index contributed by atoms with van der Waals surface area (Å²) in [4.78, 5) is 49.3. The molecule has 0 radical (unpaired) electrons. The Morgan fingerprint density at radius 2 is 1.78 bits per heavy atom. The monoisotopic (exact) mass is 535 g/mol. The van der Waals surface area contributed by atoms with Crippen LogP contribution < -0.4 is 21.3 Å². The fraction of sp³-hybridized carbons (Fsp3) is 0.769. The Morgan fingerprint density at radius 1 is 1.03 bits per heavy atom. The molecule has 3 fully saturated rings. The molecule has 1 saturated carbocycles. The van der Waals surface area contributed by atoms with E-state index in [-0.39, 0.29) is 41.8 Å². The van der Waals surface area contributed by atoms with Gasteiger partial charge in [-0.3, -0.25) is 14.4 Å². The Hall–Kier alpha value is -2.27. The molecule has 0 aromatic rings. The quantitative estimate of drug-likeness (QED) is 0.178. The van der Waals surface area contributed by atoms with E-state index in [2.05, 4.69) is 21.3 Å². The fourth-order valence-electron chi connectivity index (χ4n) is 5.78. The lowest BCUT2D eigenvalue weighted by molar-refractivity contribution is -0.133. The lowest BCUT2D eigenvalue weighted by Crippen LogP contribution is -2.40. The largest absolute Gasteiger partial charge is 0.370 e. The van der Waals surface area contributed by atoms with E-state index in [0.717, 1.165) is 63.5 Å². The Kier molecular flexibility index (Phi) is 10.1. The third-order valence-corrected chi connectivity index (χ3v) is 9.50. The molecular weight excluding hydrogens is 494 g/mol. The zero-order chi connectivity index (χ0) is 26.2. The lowest BCUT2D eigenvalue weighted by atomic mass is 9.81. The molecule has 3 aliphatic heterocycles. The van der Waals surface area contributed by atoms with Crippen molar-refractivity contribution in [1.82, 2.24) is 26.2 Å². The molecule has 4 rings (SSSR count). The fourth-order valence-corrected chi connectivity index (χ4v) is 7.32. The molecular formula is C26H41N5O5S. The summed E-state index contributed by atoms with van der Waals surface area (Å²) in [5.41, 5.74) is 0. The second-order valence-electron chi connectivity index (χ2n) is 10.7. The van der Waals surface area contributed by atoms with Gasteiger partial charge in [0.1, 0.15) is 6.23 Å². The Bertz CT molecular complexity index is 862. The first-order valence-electron chi connectivity index (χ1n) is 13.8. The average Bonchev–Trinajstić information content (AvgIpc) is 3.54. The number of rotatable bonds is 13. The van der Waals surface area contributed by atoms with Crippen molar-refractivity contribution in [2.45, 2.75) is 87.8 Å². The number of urea groups is 1. The van der Waals surface area contributed by atoms with Crippen molar-refractivity contribution in [3.8, 4) is 0 Å². The standard InChI is InChI=1S/C26H41N5O5S/c32-21(6-2-1-5-20-24-19(16-37-20)29-26(36)30-24)27-13-3-4-14-28-25(35)18-9-7-17(8-10-18)15-31-22(33)11-12-23(31)34/h11-12,17-20,22,24,33H,1-10,13-16H2,(H,27,32)(H,28,35)(H2,29,30,36)/t17?,18?,19-,20?,22?,24-/m0/s1. The summed E-state index contributed by atoms with van der Waals surface area (Å²) in [5, 5.41) is 22.2. The molecule has 37 heavy (non-hydrogen) atoms. The summed E-state index contributed by atoms with van der Waals surface area (Å²) in [7, 11) is 0. The van der Waals surface area contributed by atoms with Crippen LogP contribution in [0.15, 0.2) is 12.2 Å². The topological polar surface area (TPSA) is 140 Å². The molecule has 4 atom stereocenters. The smallest absolute Gasteiger partial charge is 0.315 e. The number of carbonyl (C=O) groups is 4. The third-order valence-electron chi connectivity index (χ3n) is 7.99. The van der Waals surface area contributed by atoms with E-state index in [1.54, 1.807) is 0 Å². The van der Waals surface area contributed by atoms with E-state index in [4.69, 9.17) is 0 Å². The number of aliphatic hydroxyl groups is 1. The van der Waals surface area contributed by atoms with Crippen LogP contribution in [0, 0.1) is 11.8 Å². The molecule has 5 N–H and O–H groups in total. The molecule has 206 valence electrons.